The molecule has 0 N–H and O–H groups in total. The molecule has 5 heteroatoms. The molecule has 0 saturated carbocycles. The van der Waals surface area contributed by atoms with E-state index in [1.807, 2.05) is 6.92 Å². The Morgan fingerprint density at radius 2 is 2.28 bits per heavy atom. The van der Waals surface area contributed by atoms with Gasteiger partial charge in [0.1, 0.15) is 0 Å². The highest BCUT2D eigenvalue weighted by Gasteiger charge is 2.11. The molecule has 0 amide bonds. The van der Waals surface area contributed by atoms with Crippen molar-refractivity contribution in [3.8, 4) is 11.7 Å². The van der Waals surface area contributed by atoms with E-state index in [0.29, 0.717) is 22.5 Å². The summed E-state index contributed by atoms with van der Waals surface area (Å²) < 4.78 is 10.3. The first kappa shape index (κ1) is 12.4. The van der Waals surface area contributed by atoms with E-state index in [1.165, 1.54) is 0 Å². The number of allylic oxidation sites excluding steroid dienone is 5. The van der Waals surface area contributed by atoms with Crippen molar-refractivity contribution in [1.82, 2.24) is 10.1 Å². The Kier molecular flexibility index (Phi) is 3.79. The van der Waals surface area contributed by atoms with E-state index in [4.69, 9.17) is 20.5 Å². The molecule has 0 fully saturated rings. The van der Waals surface area contributed by atoms with Crippen LogP contribution in [0.2, 0.25) is 0 Å². The van der Waals surface area contributed by atoms with Gasteiger partial charge in [-0.25, -0.2) is 0 Å². The molecule has 0 bridgehead atoms. The summed E-state index contributed by atoms with van der Waals surface area (Å²) in [5.74, 6) is 1.38. The van der Waals surface area contributed by atoms with Crippen molar-refractivity contribution in [3.63, 3.8) is 0 Å². The van der Waals surface area contributed by atoms with E-state index in [0.717, 1.165) is 5.57 Å². The molecule has 0 aliphatic heterocycles. The van der Waals surface area contributed by atoms with Crippen molar-refractivity contribution in [3.05, 3.63) is 54.1 Å². The van der Waals surface area contributed by atoms with Crippen LogP contribution in [0.5, 0.6) is 0 Å². The molecule has 4 nitrogen and oxygen atoms in total. The Labute approximate surface area is 109 Å². The molecule has 92 valence electrons. The second kappa shape index (κ2) is 5.51. The summed E-state index contributed by atoms with van der Waals surface area (Å²) >= 11 is 5.80. The minimum absolute atomic E-state index is 0.349. The first-order valence-corrected chi connectivity index (χ1v) is 5.63. The molecule has 18 heavy (non-hydrogen) atoms. The van der Waals surface area contributed by atoms with Crippen LogP contribution in [0.4, 0.5) is 0 Å². The predicted octanol–water partition coefficient (Wildman–Crippen LogP) is 4.04. The summed E-state index contributed by atoms with van der Waals surface area (Å²) in [6, 6.07) is 3.51. The first-order valence-electron chi connectivity index (χ1n) is 5.25. The van der Waals surface area contributed by atoms with Gasteiger partial charge in [0.2, 0.25) is 0 Å². The van der Waals surface area contributed by atoms with E-state index in [2.05, 4.69) is 16.7 Å². The van der Waals surface area contributed by atoms with Crippen molar-refractivity contribution < 1.29 is 8.94 Å². The van der Waals surface area contributed by atoms with Crippen LogP contribution in [0.15, 0.2) is 57.2 Å². The maximum atomic E-state index is 5.80. The second-order valence-corrected chi connectivity index (χ2v) is 3.94. The first-order chi connectivity index (χ1) is 8.70. The maximum absolute atomic E-state index is 5.80. The molecule has 0 radical (unpaired) electrons. The average Bonchev–Trinajstić information content (AvgIpc) is 3.04. The largest absolute Gasteiger partial charge is 0.459 e. The summed E-state index contributed by atoms with van der Waals surface area (Å²) in [6.07, 6.45) is 6.61. The molecule has 2 heterocycles. The van der Waals surface area contributed by atoms with Crippen LogP contribution in [-0.4, -0.2) is 10.1 Å². The summed E-state index contributed by atoms with van der Waals surface area (Å²) in [5.41, 5.74) is 0.830. The highest BCUT2D eigenvalue weighted by Crippen LogP contribution is 2.20. The van der Waals surface area contributed by atoms with Gasteiger partial charge in [0, 0.05) is 5.03 Å². The van der Waals surface area contributed by atoms with Crippen molar-refractivity contribution in [2.75, 3.05) is 0 Å². The van der Waals surface area contributed by atoms with Gasteiger partial charge in [-0.3, -0.25) is 0 Å². The molecule has 2 aromatic rings. The lowest BCUT2D eigenvalue weighted by Crippen LogP contribution is -1.82. The third-order valence-corrected chi connectivity index (χ3v) is 2.48. The van der Waals surface area contributed by atoms with Crippen LogP contribution in [0.1, 0.15) is 12.7 Å². The third kappa shape index (κ3) is 2.78. The number of hydrogen-bond donors (Lipinski definition) is 0. The lowest BCUT2D eigenvalue weighted by molar-refractivity contribution is 0.413. The second-order valence-electron chi connectivity index (χ2n) is 3.51. The summed E-state index contributed by atoms with van der Waals surface area (Å²) in [4.78, 5) is 4.22. The zero-order valence-electron chi connectivity index (χ0n) is 9.76. The van der Waals surface area contributed by atoms with Crippen LogP contribution in [0, 0.1) is 0 Å². The summed E-state index contributed by atoms with van der Waals surface area (Å²) in [7, 11) is 0. The number of rotatable bonds is 4. The van der Waals surface area contributed by atoms with Gasteiger partial charge in [-0.2, -0.15) is 4.98 Å². The monoisotopic (exact) mass is 262 g/mol. The van der Waals surface area contributed by atoms with Gasteiger partial charge in [0.05, 0.1) is 6.26 Å². The van der Waals surface area contributed by atoms with Gasteiger partial charge in [0.15, 0.2) is 11.6 Å². The number of aromatic nitrogens is 2. The number of hydrogen-bond acceptors (Lipinski definition) is 4. The fraction of sp³-hybridized carbons (Fsp3) is 0.0769. The van der Waals surface area contributed by atoms with Gasteiger partial charge in [-0.1, -0.05) is 35.5 Å². The molecule has 0 saturated heterocycles. The van der Waals surface area contributed by atoms with Crippen LogP contribution < -0.4 is 0 Å². The molecule has 0 aliphatic rings. The quantitative estimate of drug-likeness (QED) is 0.780. The molecular weight excluding hydrogens is 252 g/mol. The highest BCUT2D eigenvalue weighted by molar-refractivity contribution is 6.31. The standard InChI is InChI=1S/C13H11ClN2O2/c1-3-10(14)7-6-9(2)12-15-13(18-16-12)11-5-4-8-17-11/h3-8H,1H2,2H3/b9-6+,10-7+. The van der Waals surface area contributed by atoms with E-state index < -0.39 is 0 Å². The Balaban J connectivity index is 2.22. The van der Waals surface area contributed by atoms with Crippen LogP contribution in [0.3, 0.4) is 0 Å². The molecule has 0 aromatic carbocycles. The van der Waals surface area contributed by atoms with E-state index in [-0.39, 0.29) is 0 Å². The lowest BCUT2D eigenvalue weighted by atomic mass is 10.2. The van der Waals surface area contributed by atoms with E-state index in [1.54, 1.807) is 36.6 Å². The molecule has 0 unspecified atom stereocenters. The average molecular weight is 263 g/mol. The van der Waals surface area contributed by atoms with Gasteiger partial charge in [-0.05, 0) is 30.7 Å². The molecule has 2 aromatic heterocycles. The van der Waals surface area contributed by atoms with Crippen molar-refractivity contribution in [2.45, 2.75) is 6.92 Å². The van der Waals surface area contributed by atoms with Gasteiger partial charge < -0.3 is 8.94 Å². The van der Waals surface area contributed by atoms with Crippen LogP contribution >= 0.6 is 11.6 Å². The molecule has 0 spiro atoms. The van der Waals surface area contributed by atoms with E-state index >= 15 is 0 Å². The normalized spacial score (nSPS) is 12.8. The smallest absolute Gasteiger partial charge is 0.293 e. The zero-order valence-corrected chi connectivity index (χ0v) is 10.5. The minimum atomic E-state index is 0.349. The van der Waals surface area contributed by atoms with Crippen molar-refractivity contribution >= 4 is 17.2 Å². The molecule has 0 aliphatic carbocycles. The fourth-order valence-electron chi connectivity index (χ4n) is 1.23. The summed E-state index contributed by atoms with van der Waals surface area (Å²) in [6.45, 7) is 5.42. The maximum Gasteiger partial charge on any atom is 0.293 e. The van der Waals surface area contributed by atoms with Crippen LogP contribution in [0.25, 0.3) is 17.2 Å². The summed E-state index contributed by atoms with van der Waals surface area (Å²) in [5, 5.41) is 4.41. The Hall–Kier alpha value is -2.07. The lowest BCUT2D eigenvalue weighted by Gasteiger charge is -1.89. The van der Waals surface area contributed by atoms with E-state index in [9.17, 15) is 0 Å². The van der Waals surface area contributed by atoms with Crippen molar-refractivity contribution in [1.29, 1.82) is 0 Å². The highest BCUT2D eigenvalue weighted by atomic mass is 35.5. The predicted molar refractivity (Wildman–Crippen MR) is 69.8 cm³/mol. The minimum Gasteiger partial charge on any atom is -0.459 e. The topological polar surface area (TPSA) is 52.1 Å². The zero-order chi connectivity index (χ0) is 13.0. The Morgan fingerprint density at radius 1 is 1.44 bits per heavy atom. The Morgan fingerprint density at radius 3 is 2.94 bits per heavy atom. The molecule has 2 rings (SSSR count). The fourth-order valence-corrected chi connectivity index (χ4v) is 1.29. The third-order valence-electron chi connectivity index (χ3n) is 2.20. The molecular formula is C13H11ClN2O2. The number of nitrogens with zero attached hydrogens (tertiary/aromatic N) is 2. The van der Waals surface area contributed by atoms with Crippen molar-refractivity contribution in [2.24, 2.45) is 0 Å². The van der Waals surface area contributed by atoms with Gasteiger partial charge >= 0.3 is 0 Å². The van der Waals surface area contributed by atoms with Gasteiger partial charge in [-0.15, -0.1) is 0 Å². The van der Waals surface area contributed by atoms with Gasteiger partial charge in [0.25, 0.3) is 5.89 Å². The Bertz CT molecular complexity index is 594. The number of halogens is 1. The van der Waals surface area contributed by atoms with Crippen LogP contribution in [-0.2, 0) is 0 Å². The number of furan rings is 1. The SMILES string of the molecule is C=C/C(Cl)=C\C=C(/C)c1noc(-c2ccco2)n1. The molecule has 0 atom stereocenters.